The molecule has 0 aliphatic rings. The molecule has 0 aliphatic heterocycles. The number of aromatic nitrogens is 4. The molecule has 3 rings (SSSR count). The number of hydrogen-bond donors (Lipinski definition) is 1. The summed E-state index contributed by atoms with van der Waals surface area (Å²) < 4.78 is 3.73. The van der Waals surface area contributed by atoms with Crippen LogP contribution in [0.15, 0.2) is 40.2 Å². The number of nitrogens with one attached hydrogen (secondary N) is 1. The Bertz CT molecular complexity index is 1140. The fourth-order valence-electron chi connectivity index (χ4n) is 3.20. The molecule has 0 aliphatic carbocycles. The van der Waals surface area contributed by atoms with Gasteiger partial charge in [0, 0.05) is 19.1 Å². The lowest BCUT2D eigenvalue weighted by Crippen LogP contribution is -2.44. The van der Waals surface area contributed by atoms with Gasteiger partial charge < -0.3 is 9.88 Å². The molecule has 0 saturated carbocycles. The second-order valence-electron chi connectivity index (χ2n) is 7.10. The van der Waals surface area contributed by atoms with Gasteiger partial charge in [-0.05, 0) is 23.6 Å². The maximum Gasteiger partial charge on any atom is 0.332 e. The molecule has 0 spiro atoms. The molecule has 8 nitrogen and oxygen atoms in total. The quantitative estimate of drug-likeness (QED) is 0.700. The van der Waals surface area contributed by atoms with Crippen molar-refractivity contribution in [2.45, 2.75) is 26.4 Å². The van der Waals surface area contributed by atoms with E-state index >= 15 is 0 Å². The SMILES string of the molecule is CC(C)[C@@H](NC(=O)Cn1c(=O)c2c(ncn2C)n(C)c1=O)c1ccc(Cl)cc1. The van der Waals surface area contributed by atoms with Gasteiger partial charge in [0.2, 0.25) is 5.91 Å². The van der Waals surface area contributed by atoms with E-state index in [9.17, 15) is 14.4 Å². The molecule has 1 atom stereocenters. The summed E-state index contributed by atoms with van der Waals surface area (Å²) in [6, 6.07) is 6.94. The standard InChI is InChI=1S/C19H22ClN5O3/c1-11(2)15(12-5-7-13(20)8-6-12)22-14(26)9-25-18(27)16-17(21-10-23(16)3)24(4)19(25)28/h5-8,10-11,15H,9H2,1-4H3,(H,22,26)/t15-/m1/s1. The maximum atomic E-state index is 12.7. The number of amides is 1. The molecule has 0 bridgehead atoms. The monoisotopic (exact) mass is 403 g/mol. The third kappa shape index (κ3) is 3.60. The minimum Gasteiger partial charge on any atom is -0.347 e. The van der Waals surface area contributed by atoms with Gasteiger partial charge in [0.25, 0.3) is 5.56 Å². The second kappa shape index (κ2) is 7.63. The van der Waals surface area contributed by atoms with Crippen molar-refractivity contribution in [3.05, 3.63) is 62.0 Å². The number of carbonyl (C=O) groups excluding carboxylic acids is 1. The fourth-order valence-corrected chi connectivity index (χ4v) is 3.33. The molecule has 0 saturated heterocycles. The third-order valence-electron chi connectivity index (χ3n) is 4.72. The first-order chi connectivity index (χ1) is 13.2. The van der Waals surface area contributed by atoms with Crippen molar-refractivity contribution in [2.24, 2.45) is 20.0 Å². The fraction of sp³-hybridized carbons (Fsp3) is 0.368. The Morgan fingerprint density at radius 1 is 1.18 bits per heavy atom. The number of fused-ring (bicyclic) bond motifs is 1. The molecule has 9 heteroatoms. The zero-order chi connectivity index (χ0) is 20.6. The Balaban J connectivity index is 1.92. The van der Waals surface area contributed by atoms with Crippen LogP contribution in [-0.2, 0) is 25.4 Å². The van der Waals surface area contributed by atoms with Gasteiger partial charge in [-0.25, -0.2) is 14.3 Å². The smallest absolute Gasteiger partial charge is 0.332 e. The highest BCUT2D eigenvalue weighted by molar-refractivity contribution is 6.30. The topological polar surface area (TPSA) is 90.9 Å². The number of hydrogen-bond acceptors (Lipinski definition) is 4. The zero-order valence-electron chi connectivity index (χ0n) is 16.1. The van der Waals surface area contributed by atoms with Gasteiger partial charge in [-0.2, -0.15) is 0 Å². The molecular weight excluding hydrogens is 382 g/mol. The van der Waals surface area contributed by atoms with Crippen molar-refractivity contribution in [1.82, 2.24) is 24.0 Å². The predicted octanol–water partition coefficient (Wildman–Crippen LogP) is 1.60. The third-order valence-corrected chi connectivity index (χ3v) is 4.97. The zero-order valence-corrected chi connectivity index (χ0v) is 16.9. The van der Waals surface area contributed by atoms with E-state index in [1.807, 2.05) is 26.0 Å². The van der Waals surface area contributed by atoms with Crippen LogP contribution in [0.5, 0.6) is 0 Å². The molecule has 28 heavy (non-hydrogen) atoms. The molecule has 0 radical (unpaired) electrons. The number of aryl methyl sites for hydroxylation is 2. The Morgan fingerprint density at radius 3 is 2.43 bits per heavy atom. The van der Waals surface area contributed by atoms with Crippen LogP contribution in [0.25, 0.3) is 11.2 Å². The summed E-state index contributed by atoms with van der Waals surface area (Å²) in [5.74, 6) is -0.321. The highest BCUT2D eigenvalue weighted by Crippen LogP contribution is 2.23. The Hall–Kier alpha value is -2.87. The van der Waals surface area contributed by atoms with Gasteiger partial charge >= 0.3 is 5.69 Å². The van der Waals surface area contributed by atoms with Crippen LogP contribution in [0.4, 0.5) is 0 Å². The van der Waals surface area contributed by atoms with Gasteiger partial charge in [0.05, 0.1) is 12.4 Å². The molecule has 1 amide bonds. The van der Waals surface area contributed by atoms with Gasteiger partial charge in [-0.15, -0.1) is 0 Å². The van der Waals surface area contributed by atoms with Gasteiger partial charge in [-0.1, -0.05) is 37.6 Å². The molecule has 2 aromatic heterocycles. The molecule has 0 unspecified atom stereocenters. The van der Waals surface area contributed by atoms with Crippen LogP contribution < -0.4 is 16.6 Å². The van der Waals surface area contributed by atoms with E-state index in [1.54, 1.807) is 19.2 Å². The van der Waals surface area contributed by atoms with Gasteiger partial charge in [0.15, 0.2) is 11.2 Å². The van der Waals surface area contributed by atoms with Crippen molar-refractivity contribution in [1.29, 1.82) is 0 Å². The molecule has 2 heterocycles. The molecule has 3 aromatic rings. The second-order valence-corrected chi connectivity index (χ2v) is 7.54. The van der Waals surface area contributed by atoms with Crippen molar-refractivity contribution in [3.8, 4) is 0 Å². The van der Waals surface area contributed by atoms with Crippen LogP contribution >= 0.6 is 11.6 Å². The molecule has 1 N–H and O–H groups in total. The first kappa shape index (κ1) is 19.9. The summed E-state index contributed by atoms with van der Waals surface area (Å²) in [6.07, 6.45) is 1.46. The van der Waals surface area contributed by atoms with E-state index in [2.05, 4.69) is 10.3 Å². The summed E-state index contributed by atoms with van der Waals surface area (Å²) in [6.45, 7) is 3.59. The maximum absolute atomic E-state index is 12.7. The lowest BCUT2D eigenvalue weighted by Gasteiger charge is -2.23. The van der Waals surface area contributed by atoms with Crippen LogP contribution in [-0.4, -0.2) is 24.6 Å². The summed E-state index contributed by atoms with van der Waals surface area (Å²) in [7, 11) is 3.19. The molecule has 1 aromatic carbocycles. The summed E-state index contributed by atoms with van der Waals surface area (Å²) in [4.78, 5) is 42.1. The van der Waals surface area contributed by atoms with Crippen molar-refractivity contribution >= 4 is 28.7 Å². The van der Waals surface area contributed by atoms with E-state index in [1.165, 1.54) is 22.5 Å². The van der Waals surface area contributed by atoms with Crippen LogP contribution in [0.2, 0.25) is 5.02 Å². The number of benzene rings is 1. The number of rotatable bonds is 5. The highest BCUT2D eigenvalue weighted by Gasteiger charge is 2.21. The summed E-state index contributed by atoms with van der Waals surface area (Å²) in [5.41, 5.74) is 0.332. The average Bonchev–Trinajstić information content (AvgIpc) is 3.04. The van der Waals surface area contributed by atoms with Crippen LogP contribution in [0.1, 0.15) is 25.5 Å². The van der Waals surface area contributed by atoms with Crippen molar-refractivity contribution in [2.75, 3.05) is 0 Å². The largest absolute Gasteiger partial charge is 0.347 e. The predicted molar refractivity (Wildman–Crippen MR) is 107 cm³/mol. The first-order valence-electron chi connectivity index (χ1n) is 8.86. The number of halogens is 1. The lowest BCUT2D eigenvalue weighted by molar-refractivity contribution is -0.122. The number of nitrogens with zero attached hydrogens (tertiary/aromatic N) is 4. The van der Waals surface area contributed by atoms with E-state index in [4.69, 9.17) is 11.6 Å². The summed E-state index contributed by atoms with van der Waals surface area (Å²) >= 11 is 5.94. The lowest BCUT2D eigenvalue weighted by atomic mass is 9.96. The van der Waals surface area contributed by atoms with Gasteiger partial charge in [0.1, 0.15) is 6.54 Å². The molecule has 148 valence electrons. The van der Waals surface area contributed by atoms with E-state index in [0.29, 0.717) is 5.02 Å². The van der Waals surface area contributed by atoms with Crippen molar-refractivity contribution in [3.63, 3.8) is 0 Å². The van der Waals surface area contributed by atoms with Crippen LogP contribution in [0.3, 0.4) is 0 Å². The summed E-state index contributed by atoms with van der Waals surface area (Å²) in [5, 5.41) is 3.53. The molecule has 0 fully saturated rings. The highest BCUT2D eigenvalue weighted by atomic mass is 35.5. The van der Waals surface area contributed by atoms with Crippen LogP contribution in [0, 0.1) is 5.92 Å². The Kier molecular flexibility index (Phi) is 5.42. The minimum atomic E-state index is -0.584. The van der Waals surface area contributed by atoms with Gasteiger partial charge in [-0.3, -0.25) is 14.2 Å². The van der Waals surface area contributed by atoms with E-state index in [0.717, 1.165) is 10.1 Å². The van der Waals surface area contributed by atoms with Crippen molar-refractivity contribution < 1.29 is 4.79 Å². The number of imidazole rings is 1. The van der Waals surface area contributed by atoms with E-state index < -0.39 is 17.2 Å². The average molecular weight is 404 g/mol. The molecular formula is C19H22ClN5O3. The Labute approximate surface area is 166 Å². The first-order valence-corrected chi connectivity index (χ1v) is 9.24. The normalized spacial score (nSPS) is 12.5. The minimum absolute atomic E-state index is 0.101. The number of carbonyl (C=O) groups is 1. The Morgan fingerprint density at radius 2 is 1.82 bits per heavy atom. The van der Waals surface area contributed by atoms with E-state index in [-0.39, 0.29) is 29.7 Å².